The van der Waals surface area contributed by atoms with Crippen LogP contribution in [0.5, 0.6) is 0 Å². The average Bonchev–Trinajstić information content (AvgIpc) is 2.99. The second-order valence-electron chi connectivity index (χ2n) is 9.85. The highest BCUT2D eigenvalue weighted by molar-refractivity contribution is 7.91. The largest absolute Gasteiger partial charge is 0.399 e. The molecule has 47 heavy (non-hydrogen) atoms. The maximum atomic E-state index is 13.5. The first-order valence-corrected chi connectivity index (χ1v) is 16.0. The van der Waals surface area contributed by atoms with Gasteiger partial charge in [0.05, 0.1) is 22.7 Å². The van der Waals surface area contributed by atoms with E-state index in [1.54, 1.807) is 12.1 Å². The number of rotatable bonds is 8. The van der Waals surface area contributed by atoms with Crippen molar-refractivity contribution in [3.05, 3.63) is 88.8 Å². The normalized spacial score (nSPS) is 14.5. The monoisotopic (exact) mass is 676 g/mol. The van der Waals surface area contributed by atoms with E-state index in [-0.39, 0.29) is 45.3 Å². The number of nitrogen functional groups attached to an aromatic ring is 4. The third-order valence-corrected chi connectivity index (χ3v) is 8.22. The number of Topliss-reactive ketones (excluding diaryl/α,β-unsaturated/α-hetero) is 1. The van der Waals surface area contributed by atoms with E-state index in [0.717, 1.165) is 18.2 Å². The van der Waals surface area contributed by atoms with Crippen molar-refractivity contribution in [1.82, 2.24) is 0 Å². The lowest BCUT2D eigenvalue weighted by Gasteiger charge is -2.16. The Morgan fingerprint density at radius 2 is 1.21 bits per heavy atom. The fourth-order valence-electron chi connectivity index (χ4n) is 4.22. The molecule has 0 saturated carbocycles. The summed E-state index contributed by atoms with van der Waals surface area (Å²) in [7, 11) is -9.86. The Hall–Kier alpha value is -6.02. The van der Waals surface area contributed by atoms with Crippen LogP contribution in [-0.2, 0) is 20.2 Å². The van der Waals surface area contributed by atoms with Crippen LogP contribution in [0, 0.1) is 0 Å². The molecule has 4 aromatic carbocycles. The number of benzene rings is 4. The Kier molecular flexibility index (Phi) is 8.54. The summed E-state index contributed by atoms with van der Waals surface area (Å²) in [6.07, 6.45) is 1.03. The Balaban J connectivity index is 1.48. The lowest BCUT2D eigenvalue weighted by molar-refractivity contribution is 0.106. The van der Waals surface area contributed by atoms with Crippen LogP contribution in [-0.4, -0.2) is 37.4 Å². The summed E-state index contributed by atoms with van der Waals surface area (Å²) in [6, 6.07) is 16.5. The molecule has 11 N–H and O–H groups in total. The van der Waals surface area contributed by atoms with Gasteiger partial charge in [-0.1, -0.05) is 6.07 Å². The molecule has 0 heterocycles. The number of nitrogens with two attached hydrogens (primary N) is 4. The van der Waals surface area contributed by atoms with Gasteiger partial charge in [0, 0.05) is 16.9 Å². The minimum absolute atomic E-state index is 0.0315. The van der Waals surface area contributed by atoms with E-state index >= 15 is 0 Å². The van der Waals surface area contributed by atoms with Crippen LogP contribution in [0.1, 0.15) is 15.9 Å². The highest BCUT2D eigenvalue weighted by Crippen LogP contribution is 2.33. The number of nitrogens with zero attached hydrogens (tertiary/aromatic N) is 5. The van der Waals surface area contributed by atoms with Gasteiger partial charge in [0.15, 0.2) is 5.71 Å². The summed E-state index contributed by atoms with van der Waals surface area (Å²) in [4.78, 5) is 12.0. The predicted octanol–water partition coefficient (Wildman–Crippen LogP) is 4.99. The number of allylic oxidation sites excluding steroid dienone is 1. The summed E-state index contributed by atoms with van der Waals surface area (Å²) in [5, 5.41) is 19.8. The van der Waals surface area contributed by atoms with Crippen molar-refractivity contribution in [3.8, 4) is 0 Å². The molecule has 4 aromatic rings. The van der Waals surface area contributed by atoms with E-state index in [2.05, 4.69) is 31.0 Å². The molecule has 0 saturated heterocycles. The lowest BCUT2D eigenvalue weighted by atomic mass is 9.94. The summed E-state index contributed by atoms with van der Waals surface area (Å²) < 4.78 is 68.5. The number of ketones is 1. The molecule has 0 atom stereocenters. The highest BCUT2D eigenvalue weighted by Gasteiger charge is 2.33. The Morgan fingerprint density at radius 3 is 1.79 bits per heavy atom. The molecule has 0 unspecified atom stereocenters. The van der Waals surface area contributed by atoms with E-state index in [0.29, 0.717) is 17.1 Å². The number of fused-ring (bicyclic) bond motifs is 1. The van der Waals surface area contributed by atoms with Crippen LogP contribution < -0.4 is 28.4 Å². The Labute approximate surface area is 266 Å². The van der Waals surface area contributed by atoms with Gasteiger partial charge in [0.2, 0.25) is 5.78 Å². The molecular formula is C28H24N10O7S2. The molecule has 5 rings (SSSR count). The third kappa shape index (κ3) is 7.28. The number of hydrogen-bond acceptors (Lipinski definition) is 15. The first-order chi connectivity index (χ1) is 22.1. The van der Waals surface area contributed by atoms with Crippen molar-refractivity contribution in [1.29, 1.82) is 0 Å². The summed E-state index contributed by atoms with van der Waals surface area (Å²) >= 11 is 0. The highest BCUT2D eigenvalue weighted by atomic mass is 32.2. The number of carbonyl (C=O) groups is 1. The van der Waals surface area contributed by atoms with Crippen LogP contribution in [0.25, 0.3) is 6.08 Å². The van der Waals surface area contributed by atoms with Gasteiger partial charge in [0.1, 0.15) is 26.9 Å². The third-order valence-electron chi connectivity index (χ3n) is 6.47. The van der Waals surface area contributed by atoms with Gasteiger partial charge < -0.3 is 22.9 Å². The molecule has 17 nitrogen and oxygen atoms in total. The first-order valence-electron chi connectivity index (χ1n) is 13.1. The fourth-order valence-corrected chi connectivity index (χ4v) is 5.53. The zero-order chi connectivity index (χ0) is 34.1. The number of hydrogen-bond donors (Lipinski definition) is 7. The smallest absolute Gasteiger partial charge is 0.296 e. The van der Waals surface area contributed by atoms with Gasteiger partial charge in [0.25, 0.3) is 20.2 Å². The van der Waals surface area contributed by atoms with E-state index < -0.39 is 41.5 Å². The van der Waals surface area contributed by atoms with Gasteiger partial charge in [-0.15, -0.1) is 15.3 Å². The van der Waals surface area contributed by atoms with E-state index in [9.17, 15) is 30.7 Å². The molecular weight excluding hydrogens is 653 g/mol. The summed E-state index contributed by atoms with van der Waals surface area (Å²) in [5.41, 5.74) is 26.4. The van der Waals surface area contributed by atoms with Gasteiger partial charge in [-0.25, -0.2) is 0 Å². The van der Waals surface area contributed by atoms with Crippen molar-refractivity contribution >= 4 is 89.0 Å². The van der Waals surface area contributed by atoms with Gasteiger partial charge in [-0.3, -0.25) is 19.3 Å². The molecule has 0 radical (unpaired) electrons. The topological polar surface area (TPSA) is 304 Å². The average molecular weight is 677 g/mol. The molecule has 1 aliphatic carbocycles. The maximum absolute atomic E-state index is 13.5. The number of anilines is 5. The predicted molar refractivity (Wildman–Crippen MR) is 176 cm³/mol. The first kappa shape index (κ1) is 32.4. The minimum Gasteiger partial charge on any atom is -0.399 e. The van der Waals surface area contributed by atoms with Crippen molar-refractivity contribution in [3.63, 3.8) is 0 Å². The standard InChI is InChI=1S/C28H24N10O7S2/c29-15-2-6-22(20(31)10-15)35-33-17-4-1-14-9-26(47(43,44)45)27(28(39)19(14)12-17)38-34-18-5-8-24(25(13-18)46(40,41)42)37-36-23-7-3-16(30)11-21(23)32/h1-13,34H,29-32H2,(H,40,41,42)(H,43,44,45)/b35-33?,37-36?,38-27-. The SMILES string of the molecule is Nc1ccc(N=Nc2ccc3c(c2)C(=O)/C(=N\Nc2ccc(N=Nc4ccc(N)cc4N)c(S(=O)(=O)O)c2)C(S(=O)(=O)O)=C3)c(N)c1. The number of carbonyl (C=O) groups excluding carboxylic acids is 1. The molecule has 0 amide bonds. The van der Waals surface area contributed by atoms with Crippen molar-refractivity contribution in [2.45, 2.75) is 4.90 Å². The van der Waals surface area contributed by atoms with Crippen LogP contribution >= 0.6 is 0 Å². The van der Waals surface area contributed by atoms with Gasteiger partial charge in [-0.05, 0) is 78.4 Å². The van der Waals surface area contributed by atoms with E-state index in [1.807, 2.05) is 0 Å². The fraction of sp³-hybridized carbons (Fsp3) is 0. The maximum Gasteiger partial charge on any atom is 0.296 e. The molecule has 0 bridgehead atoms. The molecule has 0 fully saturated rings. The zero-order valence-electron chi connectivity index (χ0n) is 23.8. The Bertz CT molecular complexity index is 2300. The molecule has 0 spiro atoms. The Morgan fingerprint density at radius 1 is 0.638 bits per heavy atom. The van der Waals surface area contributed by atoms with E-state index in [1.165, 1.54) is 48.5 Å². The molecule has 1 aliphatic rings. The molecule has 0 aliphatic heterocycles. The van der Waals surface area contributed by atoms with Gasteiger partial charge >= 0.3 is 0 Å². The number of hydrazone groups is 1. The van der Waals surface area contributed by atoms with E-state index in [4.69, 9.17) is 22.9 Å². The number of nitrogens with one attached hydrogen (secondary N) is 1. The quantitative estimate of drug-likeness (QED) is 0.0562. The van der Waals surface area contributed by atoms with Crippen LogP contribution in [0.4, 0.5) is 51.2 Å². The molecule has 19 heteroatoms. The van der Waals surface area contributed by atoms with Crippen molar-refractivity contribution in [2.24, 2.45) is 25.6 Å². The second-order valence-corrected chi connectivity index (χ2v) is 12.6. The lowest BCUT2D eigenvalue weighted by Crippen LogP contribution is -2.27. The van der Waals surface area contributed by atoms with Crippen molar-refractivity contribution in [2.75, 3.05) is 28.4 Å². The van der Waals surface area contributed by atoms with Crippen molar-refractivity contribution < 1.29 is 30.7 Å². The van der Waals surface area contributed by atoms with Crippen LogP contribution in [0.3, 0.4) is 0 Å². The van der Waals surface area contributed by atoms with Gasteiger partial charge in [-0.2, -0.15) is 27.1 Å². The zero-order valence-corrected chi connectivity index (χ0v) is 25.4. The van der Waals surface area contributed by atoms with Crippen LogP contribution in [0.15, 0.2) is 108 Å². The second kappa shape index (κ2) is 12.4. The van der Waals surface area contributed by atoms with Crippen LogP contribution in [0.2, 0.25) is 0 Å². The molecule has 240 valence electrons. The summed E-state index contributed by atoms with van der Waals surface area (Å²) in [5.74, 6) is -0.923. The summed E-state index contributed by atoms with van der Waals surface area (Å²) in [6.45, 7) is 0. The molecule has 0 aromatic heterocycles. The number of azo groups is 2. The minimum atomic E-state index is -4.98.